The van der Waals surface area contributed by atoms with E-state index in [1.807, 2.05) is 45.0 Å². The molecule has 0 unspecified atom stereocenters. The lowest BCUT2D eigenvalue weighted by molar-refractivity contribution is 0.0955. The fourth-order valence-electron chi connectivity index (χ4n) is 2.45. The second kappa shape index (κ2) is 7.70. The van der Waals surface area contributed by atoms with Gasteiger partial charge in [0.1, 0.15) is 0 Å². The van der Waals surface area contributed by atoms with Gasteiger partial charge in [0, 0.05) is 12.1 Å². The molecule has 0 bridgehead atoms. The first kappa shape index (κ1) is 19.0. The summed E-state index contributed by atoms with van der Waals surface area (Å²) in [7, 11) is -3.43. The Morgan fingerprint density at radius 3 is 2.20 bits per heavy atom. The zero-order chi connectivity index (χ0) is 18.6. The van der Waals surface area contributed by atoms with Crippen molar-refractivity contribution in [2.24, 2.45) is 0 Å². The molecule has 0 fully saturated rings. The first-order chi connectivity index (χ1) is 11.7. The average molecular weight is 360 g/mol. The summed E-state index contributed by atoms with van der Waals surface area (Å²) < 4.78 is 25.6. The van der Waals surface area contributed by atoms with Crippen LogP contribution in [0, 0.1) is 20.8 Å². The number of hydrogen-bond acceptors (Lipinski definition) is 3. The summed E-state index contributed by atoms with van der Waals surface area (Å²) in [4.78, 5) is 12.1. The second-order valence-electron chi connectivity index (χ2n) is 6.23. The van der Waals surface area contributed by atoms with Crippen molar-refractivity contribution in [3.63, 3.8) is 0 Å². The van der Waals surface area contributed by atoms with E-state index in [1.165, 1.54) is 10.6 Å². The third-order valence-electron chi connectivity index (χ3n) is 4.09. The molecule has 0 saturated carbocycles. The van der Waals surface area contributed by atoms with Crippen molar-refractivity contribution < 1.29 is 13.2 Å². The Labute approximate surface area is 149 Å². The van der Waals surface area contributed by atoms with Crippen LogP contribution in [-0.2, 0) is 10.0 Å². The van der Waals surface area contributed by atoms with Gasteiger partial charge in [-0.15, -0.1) is 0 Å². The Morgan fingerprint density at radius 2 is 1.64 bits per heavy atom. The fraction of sp³-hybridized carbons (Fsp3) is 0.316. The number of amides is 1. The monoisotopic (exact) mass is 360 g/mol. The predicted molar refractivity (Wildman–Crippen MR) is 102 cm³/mol. The van der Waals surface area contributed by atoms with E-state index in [4.69, 9.17) is 0 Å². The smallest absolute Gasteiger partial charge is 0.251 e. The van der Waals surface area contributed by atoms with Crippen molar-refractivity contribution in [3.05, 3.63) is 64.7 Å². The molecule has 2 rings (SSSR count). The van der Waals surface area contributed by atoms with Crippen LogP contribution in [0.3, 0.4) is 0 Å². The average Bonchev–Trinajstić information content (AvgIpc) is 2.53. The molecule has 5 nitrogen and oxygen atoms in total. The van der Waals surface area contributed by atoms with E-state index in [1.54, 1.807) is 18.2 Å². The highest BCUT2D eigenvalue weighted by Crippen LogP contribution is 2.20. The van der Waals surface area contributed by atoms with Crippen LogP contribution in [-0.4, -0.2) is 33.7 Å². The van der Waals surface area contributed by atoms with Crippen molar-refractivity contribution in [1.82, 2.24) is 5.32 Å². The van der Waals surface area contributed by atoms with Crippen LogP contribution in [0.4, 0.5) is 5.69 Å². The number of carbonyl (C=O) groups is 1. The Bertz CT molecular complexity index is 859. The molecule has 1 amide bonds. The summed E-state index contributed by atoms with van der Waals surface area (Å²) in [6.07, 6.45) is 1.17. The summed E-state index contributed by atoms with van der Waals surface area (Å²) in [5.74, 6) is -0.214. The lowest BCUT2D eigenvalue weighted by Gasteiger charge is -2.23. The van der Waals surface area contributed by atoms with Crippen molar-refractivity contribution in [3.8, 4) is 0 Å². The highest BCUT2D eigenvalue weighted by atomic mass is 32.2. The molecule has 0 aromatic heterocycles. The maximum Gasteiger partial charge on any atom is 0.251 e. The first-order valence-electron chi connectivity index (χ1n) is 8.08. The molecular formula is C19H24N2O3S. The van der Waals surface area contributed by atoms with Crippen LogP contribution < -0.4 is 9.62 Å². The first-order valence-corrected chi connectivity index (χ1v) is 9.93. The zero-order valence-electron chi connectivity index (χ0n) is 15.0. The number of anilines is 1. The van der Waals surface area contributed by atoms with Crippen LogP contribution >= 0.6 is 0 Å². The van der Waals surface area contributed by atoms with Crippen molar-refractivity contribution in [2.75, 3.05) is 23.7 Å². The van der Waals surface area contributed by atoms with E-state index < -0.39 is 10.0 Å². The van der Waals surface area contributed by atoms with Crippen LogP contribution in [0.5, 0.6) is 0 Å². The van der Waals surface area contributed by atoms with E-state index in [2.05, 4.69) is 5.32 Å². The largest absolute Gasteiger partial charge is 0.350 e. The van der Waals surface area contributed by atoms with Crippen molar-refractivity contribution in [1.29, 1.82) is 0 Å². The zero-order valence-corrected chi connectivity index (χ0v) is 15.9. The highest BCUT2D eigenvalue weighted by molar-refractivity contribution is 7.92. The maximum atomic E-state index is 12.1. The molecule has 2 aromatic carbocycles. The van der Waals surface area contributed by atoms with Gasteiger partial charge >= 0.3 is 0 Å². The Hall–Kier alpha value is -2.34. The minimum Gasteiger partial charge on any atom is -0.350 e. The minimum atomic E-state index is -3.43. The van der Waals surface area contributed by atoms with E-state index in [-0.39, 0.29) is 19.0 Å². The molecule has 0 heterocycles. The van der Waals surface area contributed by atoms with Gasteiger partial charge in [-0.25, -0.2) is 8.42 Å². The van der Waals surface area contributed by atoms with Crippen molar-refractivity contribution in [2.45, 2.75) is 20.8 Å². The highest BCUT2D eigenvalue weighted by Gasteiger charge is 2.18. The van der Waals surface area contributed by atoms with Crippen molar-refractivity contribution >= 4 is 21.6 Å². The number of carbonyl (C=O) groups excluding carboxylic acids is 1. The quantitative estimate of drug-likeness (QED) is 0.861. The van der Waals surface area contributed by atoms with Gasteiger partial charge < -0.3 is 5.32 Å². The third kappa shape index (κ3) is 5.06. The molecule has 0 atom stereocenters. The predicted octanol–water partition coefficient (Wildman–Crippen LogP) is 2.81. The molecule has 2 aromatic rings. The lowest BCUT2D eigenvalue weighted by atomic mass is 10.1. The van der Waals surface area contributed by atoms with Crippen LogP contribution in [0.2, 0.25) is 0 Å². The van der Waals surface area contributed by atoms with E-state index in [0.29, 0.717) is 11.3 Å². The third-order valence-corrected chi connectivity index (χ3v) is 5.29. The Balaban J connectivity index is 2.07. The second-order valence-corrected chi connectivity index (χ2v) is 8.13. The molecule has 0 aliphatic rings. The minimum absolute atomic E-state index is 0.179. The molecule has 25 heavy (non-hydrogen) atoms. The van der Waals surface area contributed by atoms with E-state index >= 15 is 0 Å². The molecule has 0 saturated heterocycles. The molecule has 0 aliphatic heterocycles. The number of rotatable bonds is 6. The Kier molecular flexibility index (Phi) is 5.85. The standard InChI is InChI=1S/C19H24N2O3S/c1-14-5-8-17(9-6-14)19(22)20-11-12-21(25(4,23)24)18-10-7-15(2)16(3)13-18/h5-10,13H,11-12H2,1-4H3,(H,20,22). The SMILES string of the molecule is Cc1ccc(C(=O)NCCN(c2ccc(C)c(C)c2)S(C)(=O)=O)cc1. The fourth-order valence-corrected chi connectivity index (χ4v) is 3.36. The number of aryl methyl sites for hydroxylation is 3. The summed E-state index contributed by atoms with van der Waals surface area (Å²) in [5, 5.41) is 2.77. The van der Waals surface area contributed by atoms with Gasteiger partial charge in [0.05, 0.1) is 18.5 Å². The van der Waals surface area contributed by atoms with Gasteiger partial charge in [-0.2, -0.15) is 0 Å². The summed E-state index contributed by atoms with van der Waals surface area (Å²) in [5.41, 5.74) is 4.37. The van der Waals surface area contributed by atoms with Crippen LogP contribution in [0.15, 0.2) is 42.5 Å². The van der Waals surface area contributed by atoms with Gasteiger partial charge in [0.2, 0.25) is 10.0 Å². The molecule has 6 heteroatoms. The molecule has 0 aliphatic carbocycles. The van der Waals surface area contributed by atoms with E-state index in [9.17, 15) is 13.2 Å². The lowest BCUT2D eigenvalue weighted by Crippen LogP contribution is -2.38. The van der Waals surface area contributed by atoms with Gasteiger partial charge in [0.15, 0.2) is 0 Å². The normalized spacial score (nSPS) is 11.2. The number of nitrogens with one attached hydrogen (secondary N) is 1. The molecule has 134 valence electrons. The van der Waals surface area contributed by atoms with Gasteiger partial charge in [-0.1, -0.05) is 23.8 Å². The summed E-state index contributed by atoms with van der Waals surface area (Å²) in [6, 6.07) is 12.8. The van der Waals surface area contributed by atoms with Crippen LogP contribution in [0.25, 0.3) is 0 Å². The van der Waals surface area contributed by atoms with Gasteiger partial charge in [-0.3, -0.25) is 9.10 Å². The number of hydrogen-bond donors (Lipinski definition) is 1. The molecular weight excluding hydrogens is 336 g/mol. The maximum absolute atomic E-state index is 12.1. The van der Waals surface area contributed by atoms with E-state index in [0.717, 1.165) is 16.7 Å². The van der Waals surface area contributed by atoms with Gasteiger partial charge in [0.25, 0.3) is 5.91 Å². The summed E-state index contributed by atoms with van der Waals surface area (Å²) >= 11 is 0. The topological polar surface area (TPSA) is 66.5 Å². The van der Waals surface area contributed by atoms with Gasteiger partial charge in [-0.05, 0) is 56.2 Å². The molecule has 0 spiro atoms. The number of sulfonamides is 1. The Morgan fingerprint density at radius 1 is 1.00 bits per heavy atom. The molecule has 1 N–H and O–H groups in total. The molecule has 0 radical (unpaired) electrons. The van der Waals surface area contributed by atoms with Crippen LogP contribution in [0.1, 0.15) is 27.0 Å². The summed E-state index contributed by atoms with van der Waals surface area (Å²) in [6.45, 7) is 6.28. The number of nitrogens with zero attached hydrogens (tertiary/aromatic N) is 1. The number of benzene rings is 2.